The van der Waals surface area contributed by atoms with Crippen LogP contribution >= 0.6 is 0 Å². The molecule has 3 aromatic heterocycles. The number of hydrogen-bond acceptors (Lipinski definition) is 8. The van der Waals surface area contributed by atoms with Gasteiger partial charge in [0.25, 0.3) is 11.9 Å². The average molecular weight is 520 g/mol. The number of aromatic nitrogens is 5. The smallest absolute Gasteiger partial charge is 0.387 e. The van der Waals surface area contributed by atoms with Gasteiger partial charge in [0.2, 0.25) is 0 Å². The third-order valence-corrected chi connectivity index (χ3v) is 5.95. The molecule has 4 aromatic rings. The van der Waals surface area contributed by atoms with E-state index < -0.39 is 34.2 Å². The highest BCUT2D eigenvalue weighted by atomic mass is 32.2. The molecule has 1 amide bonds. The van der Waals surface area contributed by atoms with Crippen LogP contribution in [0.15, 0.2) is 48.9 Å². The van der Waals surface area contributed by atoms with Gasteiger partial charge in [-0.05, 0) is 25.1 Å². The first-order chi connectivity index (χ1) is 17.0. The van der Waals surface area contributed by atoms with Gasteiger partial charge in [0, 0.05) is 24.1 Å². The number of rotatable bonds is 8. The Morgan fingerprint density at radius 2 is 1.86 bits per heavy atom. The molecule has 36 heavy (non-hydrogen) atoms. The van der Waals surface area contributed by atoms with Gasteiger partial charge < -0.3 is 10.1 Å². The number of halogens is 3. The summed E-state index contributed by atoms with van der Waals surface area (Å²) in [6.07, 6.45) is 4.20. The number of carbonyl (C=O) groups is 1. The molecule has 1 unspecified atom stereocenters. The SMILES string of the molecule is CC(CS(C)(=O)=O)NC(=O)c1cnc2c(-c3cccc(OC(F)F)c3)nn(-c3ncc(F)cn3)c2c1. The lowest BCUT2D eigenvalue weighted by Crippen LogP contribution is -2.37. The summed E-state index contributed by atoms with van der Waals surface area (Å²) in [6.45, 7) is -1.47. The molecule has 3 heterocycles. The molecule has 0 spiro atoms. The predicted molar refractivity (Wildman–Crippen MR) is 123 cm³/mol. The minimum atomic E-state index is -3.32. The quantitative estimate of drug-likeness (QED) is 0.376. The number of ether oxygens (including phenoxy) is 1. The summed E-state index contributed by atoms with van der Waals surface area (Å²) in [5.74, 6) is -1.64. The number of pyridine rings is 1. The van der Waals surface area contributed by atoms with E-state index in [1.54, 1.807) is 13.0 Å². The predicted octanol–water partition coefficient (Wildman–Crippen LogP) is 2.78. The summed E-state index contributed by atoms with van der Waals surface area (Å²) in [5.41, 5.74) is 1.26. The van der Waals surface area contributed by atoms with Crippen LogP contribution in [0.25, 0.3) is 28.2 Å². The Labute approximate surface area is 203 Å². The summed E-state index contributed by atoms with van der Waals surface area (Å²) >= 11 is 0. The lowest BCUT2D eigenvalue weighted by molar-refractivity contribution is -0.0498. The van der Waals surface area contributed by atoms with Crippen molar-refractivity contribution in [1.29, 1.82) is 0 Å². The van der Waals surface area contributed by atoms with Crippen LogP contribution in [0.5, 0.6) is 5.75 Å². The zero-order valence-corrected chi connectivity index (χ0v) is 19.7. The van der Waals surface area contributed by atoms with Gasteiger partial charge in [0.15, 0.2) is 5.82 Å². The van der Waals surface area contributed by atoms with Crippen LogP contribution in [0.2, 0.25) is 0 Å². The molecule has 10 nitrogen and oxygen atoms in total. The Morgan fingerprint density at radius 3 is 2.53 bits per heavy atom. The van der Waals surface area contributed by atoms with Gasteiger partial charge in [-0.25, -0.2) is 22.8 Å². The Morgan fingerprint density at radius 1 is 1.14 bits per heavy atom. The van der Waals surface area contributed by atoms with Crippen molar-refractivity contribution in [3.05, 3.63) is 60.3 Å². The van der Waals surface area contributed by atoms with Crippen molar-refractivity contribution >= 4 is 26.8 Å². The third kappa shape index (κ3) is 5.76. The molecular formula is C22H19F3N6O4S. The van der Waals surface area contributed by atoms with Gasteiger partial charge in [0.05, 0.1) is 29.2 Å². The van der Waals surface area contributed by atoms with Crippen molar-refractivity contribution in [1.82, 2.24) is 30.0 Å². The van der Waals surface area contributed by atoms with Crippen LogP contribution in [0.4, 0.5) is 13.2 Å². The summed E-state index contributed by atoms with van der Waals surface area (Å²) < 4.78 is 67.5. The molecule has 0 radical (unpaired) electrons. The molecule has 0 bridgehead atoms. The molecule has 1 N–H and O–H groups in total. The maximum Gasteiger partial charge on any atom is 0.387 e. The number of nitrogens with one attached hydrogen (secondary N) is 1. The van der Waals surface area contributed by atoms with Crippen molar-refractivity contribution in [3.8, 4) is 23.0 Å². The van der Waals surface area contributed by atoms with Gasteiger partial charge in [-0.3, -0.25) is 9.78 Å². The number of amides is 1. The first-order valence-corrected chi connectivity index (χ1v) is 12.5. The van der Waals surface area contributed by atoms with Crippen molar-refractivity contribution in [2.24, 2.45) is 0 Å². The Hall–Kier alpha value is -4.07. The van der Waals surface area contributed by atoms with Crippen LogP contribution in [0.3, 0.4) is 0 Å². The number of nitrogens with zero attached hydrogens (tertiary/aromatic N) is 5. The van der Waals surface area contributed by atoms with E-state index in [4.69, 9.17) is 0 Å². The number of benzene rings is 1. The first-order valence-electron chi connectivity index (χ1n) is 10.4. The van der Waals surface area contributed by atoms with E-state index in [9.17, 15) is 26.4 Å². The molecule has 1 aromatic carbocycles. The monoisotopic (exact) mass is 520 g/mol. The van der Waals surface area contributed by atoms with Crippen LogP contribution in [-0.4, -0.2) is 63.7 Å². The molecule has 0 aliphatic heterocycles. The molecule has 0 fully saturated rings. The largest absolute Gasteiger partial charge is 0.435 e. The van der Waals surface area contributed by atoms with E-state index in [1.807, 2.05) is 0 Å². The number of sulfone groups is 1. The Kier molecular flexibility index (Phi) is 6.88. The lowest BCUT2D eigenvalue weighted by Gasteiger charge is -2.12. The summed E-state index contributed by atoms with van der Waals surface area (Å²) in [5, 5.41) is 7.03. The van der Waals surface area contributed by atoms with E-state index in [0.717, 1.165) is 18.6 Å². The van der Waals surface area contributed by atoms with E-state index in [1.165, 1.54) is 35.1 Å². The van der Waals surface area contributed by atoms with Crippen molar-refractivity contribution < 1.29 is 31.1 Å². The maximum absolute atomic E-state index is 13.4. The molecule has 188 valence electrons. The maximum atomic E-state index is 13.4. The zero-order valence-electron chi connectivity index (χ0n) is 18.9. The van der Waals surface area contributed by atoms with E-state index in [2.05, 4.69) is 30.1 Å². The van der Waals surface area contributed by atoms with Gasteiger partial charge in [0.1, 0.15) is 26.8 Å². The van der Waals surface area contributed by atoms with Crippen LogP contribution in [0, 0.1) is 5.82 Å². The summed E-state index contributed by atoms with van der Waals surface area (Å²) in [7, 11) is -3.32. The molecule has 1 atom stereocenters. The molecule has 0 aliphatic carbocycles. The third-order valence-electron chi connectivity index (χ3n) is 4.84. The molecule has 0 aliphatic rings. The summed E-state index contributed by atoms with van der Waals surface area (Å²) in [6, 6.07) is 6.57. The van der Waals surface area contributed by atoms with Gasteiger partial charge in [-0.15, -0.1) is 0 Å². The highest BCUT2D eigenvalue weighted by molar-refractivity contribution is 7.90. The normalized spacial score (nSPS) is 12.6. The molecular weight excluding hydrogens is 501 g/mol. The second-order valence-electron chi connectivity index (χ2n) is 7.93. The van der Waals surface area contributed by atoms with E-state index >= 15 is 0 Å². The fourth-order valence-corrected chi connectivity index (χ4v) is 4.50. The zero-order chi connectivity index (χ0) is 26.0. The highest BCUT2D eigenvalue weighted by Gasteiger charge is 2.21. The fourth-order valence-electron chi connectivity index (χ4n) is 3.51. The number of hydrogen-bond donors (Lipinski definition) is 1. The van der Waals surface area contributed by atoms with E-state index in [-0.39, 0.29) is 39.7 Å². The second-order valence-corrected chi connectivity index (χ2v) is 10.1. The van der Waals surface area contributed by atoms with Gasteiger partial charge in [-0.2, -0.15) is 18.6 Å². The van der Waals surface area contributed by atoms with Crippen LogP contribution < -0.4 is 10.1 Å². The second kappa shape index (κ2) is 9.89. The minimum absolute atomic E-state index is 0.0302. The molecule has 4 rings (SSSR count). The molecule has 0 saturated carbocycles. The van der Waals surface area contributed by atoms with Crippen LogP contribution in [0.1, 0.15) is 17.3 Å². The first kappa shape index (κ1) is 25.0. The number of fused-ring (bicyclic) bond motifs is 1. The minimum Gasteiger partial charge on any atom is -0.435 e. The van der Waals surface area contributed by atoms with Gasteiger partial charge in [-0.1, -0.05) is 12.1 Å². The van der Waals surface area contributed by atoms with Crippen molar-refractivity contribution in [3.63, 3.8) is 0 Å². The standard InChI is InChI=1S/C22H19F3N6O4S/c1-12(11-36(2,33)34)29-20(32)14-7-17-19(26-8-14)18(13-4-3-5-16(6-13)35-21(24)25)30-31(17)22-27-9-15(23)10-28-22/h3-10,12,21H,11H2,1-2H3,(H,29,32). The Bertz CT molecular complexity index is 1530. The topological polar surface area (TPSA) is 129 Å². The summed E-state index contributed by atoms with van der Waals surface area (Å²) in [4.78, 5) is 24.9. The molecule has 0 saturated heterocycles. The number of alkyl halides is 2. The van der Waals surface area contributed by atoms with Crippen molar-refractivity contribution in [2.75, 3.05) is 12.0 Å². The highest BCUT2D eigenvalue weighted by Crippen LogP contribution is 2.30. The Balaban J connectivity index is 1.80. The van der Waals surface area contributed by atoms with Crippen LogP contribution in [-0.2, 0) is 9.84 Å². The molecule has 14 heteroatoms. The number of carbonyl (C=O) groups excluding carboxylic acids is 1. The lowest BCUT2D eigenvalue weighted by atomic mass is 10.1. The van der Waals surface area contributed by atoms with Crippen molar-refractivity contribution in [2.45, 2.75) is 19.6 Å². The van der Waals surface area contributed by atoms with E-state index in [0.29, 0.717) is 5.56 Å². The fraction of sp³-hybridized carbons (Fsp3) is 0.227. The average Bonchev–Trinajstić information content (AvgIpc) is 3.17. The van der Waals surface area contributed by atoms with Gasteiger partial charge >= 0.3 is 6.61 Å².